The van der Waals surface area contributed by atoms with Gasteiger partial charge in [0, 0.05) is 11.9 Å². The van der Waals surface area contributed by atoms with Crippen molar-refractivity contribution in [2.45, 2.75) is 6.42 Å². The van der Waals surface area contributed by atoms with Crippen LogP contribution in [-0.4, -0.2) is 26.1 Å². The number of fused-ring (bicyclic) bond motifs is 1. The first-order valence-electron chi connectivity index (χ1n) is 8.53. The molecule has 2 aromatic heterocycles. The fourth-order valence-corrected chi connectivity index (χ4v) is 2.99. The zero-order valence-corrected chi connectivity index (χ0v) is 15.4. The third-order valence-electron chi connectivity index (χ3n) is 4.23. The third kappa shape index (κ3) is 3.58. The van der Waals surface area contributed by atoms with E-state index in [1.165, 1.54) is 6.21 Å². The van der Waals surface area contributed by atoms with Gasteiger partial charge in [0.2, 0.25) is 4.77 Å². The molecular formula is C20H15N5O2S. The fraction of sp³-hybridized carbons (Fsp3) is 0.0500. The number of hydrogen-bond acceptors (Lipinski definition) is 5. The molecular weight excluding hydrogens is 374 g/mol. The minimum Gasteiger partial charge on any atom is -0.321 e. The summed E-state index contributed by atoms with van der Waals surface area (Å²) in [6, 6.07) is 18.6. The SMILES string of the molecule is O=c1[nH]c2ccccc2cc1/C=N/n1c(=S)[nH]nc(Cc2ccccc2)c1=O. The average Bonchev–Trinajstić information content (AvgIpc) is 2.71. The van der Waals surface area contributed by atoms with Gasteiger partial charge in [-0.2, -0.15) is 14.9 Å². The van der Waals surface area contributed by atoms with E-state index in [1.54, 1.807) is 6.07 Å². The largest absolute Gasteiger partial charge is 0.321 e. The molecule has 4 rings (SSSR count). The summed E-state index contributed by atoms with van der Waals surface area (Å²) in [7, 11) is 0. The van der Waals surface area contributed by atoms with Crippen LogP contribution in [0.3, 0.4) is 0 Å². The van der Waals surface area contributed by atoms with Gasteiger partial charge < -0.3 is 4.98 Å². The number of nitrogens with one attached hydrogen (secondary N) is 2. The van der Waals surface area contributed by atoms with Crippen LogP contribution in [0.25, 0.3) is 10.9 Å². The van der Waals surface area contributed by atoms with Gasteiger partial charge in [0.25, 0.3) is 11.1 Å². The first kappa shape index (κ1) is 17.7. The summed E-state index contributed by atoms with van der Waals surface area (Å²) in [6.07, 6.45) is 1.67. The van der Waals surface area contributed by atoms with Crippen molar-refractivity contribution in [1.29, 1.82) is 0 Å². The summed E-state index contributed by atoms with van der Waals surface area (Å²) >= 11 is 5.13. The van der Waals surface area contributed by atoms with Crippen molar-refractivity contribution >= 4 is 29.3 Å². The second kappa shape index (κ2) is 7.53. The van der Waals surface area contributed by atoms with Crippen LogP contribution in [0, 0.1) is 4.77 Å². The number of aromatic amines is 2. The number of H-pyrrole nitrogens is 2. The van der Waals surface area contributed by atoms with Crippen LogP contribution in [-0.2, 0) is 6.42 Å². The molecule has 2 N–H and O–H groups in total. The Kier molecular flexibility index (Phi) is 4.77. The Balaban J connectivity index is 1.73. The van der Waals surface area contributed by atoms with E-state index in [2.05, 4.69) is 20.3 Å². The molecule has 0 radical (unpaired) electrons. The highest BCUT2D eigenvalue weighted by Gasteiger charge is 2.08. The highest BCUT2D eigenvalue weighted by molar-refractivity contribution is 7.71. The quantitative estimate of drug-likeness (QED) is 0.414. The Hall–Kier alpha value is -3.65. The summed E-state index contributed by atoms with van der Waals surface area (Å²) in [5.74, 6) is 0. The first-order valence-corrected chi connectivity index (χ1v) is 8.93. The number of aromatic nitrogens is 4. The monoisotopic (exact) mass is 389 g/mol. The smallest absolute Gasteiger partial charge is 0.297 e. The van der Waals surface area contributed by atoms with Crippen LogP contribution in [0.5, 0.6) is 0 Å². The second-order valence-electron chi connectivity index (χ2n) is 6.14. The number of benzene rings is 2. The van der Waals surface area contributed by atoms with E-state index >= 15 is 0 Å². The van der Waals surface area contributed by atoms with Crippen molar-refractivity contribution in [3.05, 3.63) is 103 Å². The van der Waals surface area contributed by atoms with Crippen molar-refractivity contribution in [3.63, 3.8) is 0 Å². The van der Waals surface area contributed by atoms with E-state index in [1.807, 2.05) is 54.6 Å². The van der Waals surface area contributed by atoms with Crippen LogP contribution in [0.2, 0.25) is 0 Å². The Morgan fingerprint density at radius 1 is 1.07 bits per heavy atom. The Labute approximate surface area is 164 Å². The Morgan fingerprint density at radius 3 is 2.64 bits per heavy atom. The van der Waals surface area contributed by atoms with Crippen LogP contribution < -0.4 is 11.1 Å². The van der Waals surface area contributed by atoms with Crippen molar-refractivity contribution in [2.75, 3.05) is 0 Å². The standard InChI is InChI=1S/C20H15N5O2S/c26-18-15(11-14-8-4-5-9-16(14)22-18)12-21-25-19(27)17(23-24-20(25)28)10-13-6-2-1-3-7-13/h1-9,11-12H,10H2,(H,22,26)(H,24,28)/b21-12+. The molecule has 0 amide bonds. The molecule has 4 aromatic rings. The van der Waals surface area contributed by atoms with E-state index in [0.717, 1.165) is 21.1 Å². The number of nitrogens with zero attached hydrogens (tertiary/aromatic N) is 3. The van der Waals surface area contributed by atoms with Gasteiger partial charge in [-0.15, -0.1) is 0 Å². The fourth-order valence-electron chi connectivity index (χ4n) is 2.81. The molecule has 7 nitrogen and oxygen atoms in total. The number of rotatable bonds is 4. The van der Waals surface area contributed by atoms with E-state index in [4.69, 9.17) is 12.2 Å². The molecule has 0 bridgehead atoms. The molecule has 0 saturated carbocycles. The van der Waals surface area contributed by atoms with Gasteiger partial charge in [0.05, 0.1) is 11.8 Å². The molecule has 0 atom stereocenters. The molecule has 0 unspecified atom stereocenters. The van der Waals surface area contributed by atoms with Gasteiger partial charge in [-0.1, -0.05) is 48.5 Å². The van der Waals surface area contributed by atoms with E-state index in [0.29, 0.717) is 12.0 Å². The molecule has 0 fully saturated rings. The number of pyridine rings is 1. The molecule has 2 aromatic carbocycles. The van der Waals surface area contributed by atoms with Crippen LogP contribution >= 0.6 is 12.2 Å². The van der Waals surface area contributed by atoms with Gasteiger partial charge in [0.15, 0.2) is 0 Å². The van der Waals surface area contributed by atoms with Gasteiger partial charge in [-0.25, -0.2) is 0 Å². The minimum atomic E-state index is -0.430. The highest BCUT2D eigenvalue weighted by atomic mass is 32.1. The first-order chi connectivity index (χ1) is 13.6. The lowest BCUT2D eigenvalue weighted by atomic mass is 10.1. The summed E-state index contributed by atoms with van der Waals surface area (Å²) in [5.41, 5.74) is 1.54. The maximum atomic E-state index is 12.7. The molecule has 0 aliphatic carbocycles. The molecule has 0 saturated heterocycles. The maximum absolute atomic E-state index is 12.7. The maximum Gasteiger partial charge on any atom is 0.297 e. The summed E-state index contributed by atoms with van der Waals surface area (Å²) in [6.45, 7) is 0. The third-order valence-corrected chi connectivity index (χ3v) is 4.49. The zero-order chi connectivity index (χ0) is 19.5. The van der Waals surface area contributed by atoms with Crippen LogP contribution in [0.4, 0.5) is 0 Å². The van der Waals surface area contributed by atoms with Crippen molar-refractivity contribution < 1.29 is 0 Å². The van der Waals surface area contributed by atoms with Crippen LogP contribution in [0.1, 0.15) is 16.8 Å². The average molecular weight is 389 g/mol. The Morgan fingerprint density at radius 2 is 1.82 bits per heavy atom. The van der Waals surface area contributed by atoms with Crippen LogP contribution in [0.15, 0.2) is 75.4 Å². The van der Waals surface area contributed by atoms with Crippen molar-refractivity contribution in [2.24, 2.45) is 5.10 Å². The molecule has 0 aliphatic heterocycles. The topological polar surface area (TPSA) is 95.9 Å². The lowest BCUT2D eigenvalue weighted by Crippen LogP contribution is -2.25. The summed E-state index contributed by atoms with van der Waals surface area (Å²) in [5, 5.41) is 11.7. The van der Waals surface area contributed by atoms with Gasteiger partial charge in [0.1, 0.15) is 5.69 Å². The number of para-hydroxylation sites is 1. The van der Waals surface area contributed by atoms with E-state index < -0.39 is 5.56 Å². The highest BCUT2D eigenvalue weighted by Crippen LogP contribution is 2.09. The minimum absolute atomic E-state index is 0.0512. The number of hydrogen-bond donors (Lipinski definition) is 2. The Bertz CT molecular complexity index is 1350. The predicted octanol–water partition coefficient (Wildman–Crippen LogP) is 2.62. The lowest BCUT2D eigenvalue weighted by Gasteiger charge is -2.03. The predicted molar refractivity (Wildman–Crippen MR) is 110 cm³/mol. The normalized spacial score (nSPS) is 11.3. The lowest BCUT2D eigenvalue weighted by molar-refractivity contribution is 0.710. The molecule has 8 heteroatoms. The van der Waals surface area contributed by atoms with Gasteiger partial charge in [-0.05, 0) is 35.3 Å². The van der Waals surface area contributed by atoms with E-state index in [9.17, 15) is 9.59 Å². The second-order valence-corrected chi connectivity index (χ2v) is 6.53. The van der Waals surface area contributed by atoms with E-state index in [-0.39, 0.29) is 16.0 Å². The summed E-state index contributed by atoms with van der Waals surface area (Å²) in [4.78, 5) is 27.8. The van der Waals surface area contributed by atoms with Gasteiger partial charge >= 0.3 is 0 Å². The van der Waals surface area contributed by atoms with Crippen molar-refractivity contribution in [3.8, 4) is 0 Å². The molecule has 138 valence electrons. The molecule has 0 aliphatic rings. The molecule has 0 spiro atoms. The zero-order valence-electron chi connectivity index (χ0n) is 14.6. The van der Waals surface area contributed by atoms with Gasteiger partial charge in [-0.3, -0.25) is 14.7 Å². The molecule has 28 heavy (non-hydrogen) atoms. The van der Waals surface area contributed by atoms with Crippen molar-refractivity contribution in [1.82, 2.24) is 19.9 Å². The summed E-state index contributed by atoms with van der Waals surface area (Å²) < 4.78 is 1.09. The molecule has 2 heterocycles.